The van der Waals surface area contributed by atoms with E-state index in [2.05, 4.69) is 16.0 Å². The molecular formula is C38H43FN6O3. The van der Waals surface area contributed by atoms with Crippen molar-refractivity contribution in [1.29, 1.82) is 0 Å². The molecule has 3 amide bonds. The molecule has 2 aromatic heterocycles. The molecule has 0 saturated carbocycles. The van der Waals surface area contributed by atoms with Gasteiger partial charge in [0.2, 0.25) is 11.8 Å². The molecule has 5 heterocycles. The van der Waals surface area contributed by atoms with Gasteiger partial charge in [0.1, 0.15) is 5.82 Å². The Balaban J connectivity index is 1.01. The Morgan fingerprint density at radius 2 is 1.40 bits per heavy atom. The summed E-state index contributed by atoms with van der Waals surface area (Å²) in [5.41, 5.74) is 4.88. The maximum atomic E-state index is 14.6. The number of hydrogen-bond acceptors (Lipinski definition) is 5. The van der Waals surface area contributed by atoms with Crippen molar-refractivity contribution >= 4 is 28.6 Å². The zero-order chi connectivity index (χ0) is 33.4. The fourth-order valence-electron chi connectivity index (χ4n) is 7.54. The van der Waals surface area contributed by atoms with Crippen LogP contribution in [-0.2, 0) is 9.59 Å². The second-order valence-electron chi connectivity index (χ2n) is 13.5. The van der Waals surface area contributed by atoms with Crippen LogP contribution in [0.15, 0.2) is 60.8 Å². The summed E-state index contributed by atoms with van der Waals surface area (Å²) in [4.78, 5) is 55.2. The molecular weight excluding hydrogens is 607 g/mol. The predicted octanol–water partition coefficient (Wildman–Crippen LogP) is 5.35. The van der Waals surface area contributed by atoms with Crippen molar-refractivity contribution in [1.82, 2.24) is 29.6 Å². The highest BCUT2D eigenvalue weighted by molar-refractivity contribution is 5.97. The van der Waals surface area contributed by atoms with Crippen molar-refractivity contribution in [3.63, 3.8) is 0 Å². The summed E-state index contributed by atoms with van der Waals surface area (Å²) in [5.74, 6) is -0.0101. The number of rotatable bonds is 5. The number of hydrogen-bond donors (Lipinski definition) is 1. The third-order valence-electron chi connectivity index (χ3n) is 10.6. The summed E-state index contributed by atoms with van der Waals surface area (Å²) >= 11 is 0. The fourth-order valence-corrected chi connectivity index (χ4v) is 7.54. The number of piperazine rings is 1. The van der Waals surface area contributed by atoms with Gasteiger partial charge in [-0.15, -0.1) is 0 Å². The second kappa shape index (κ2) is 13.5. The Morgan fingerprint density at radius 1 is 0.750 bits per heavy atom. The minimum Gasteiger partial charge on any atom is -0.361 e. The third kappa shape index (κ3) is 6.58. The van der Waals surface area contributed by atoms with Crippen LogP contribution in [0.2, 0.25) is 0 Å². The molecule has 7 rings (SSSR count). The van der Waals surface area contributed by atoms with E-state index in [0.717, 1.165) is 68.3 Å². The van der Waals surface area contributed by atoms with Gasteiger partial charge in [-0.1, -0.05) is 18.2 Å². The molecule has 0 atom stereocenters. The highest BCUT2D eigenvalue weighted by Crippen LogP contribution is 2.30. The van der Waals surface area contributed by atoms with E-state index in [0.29, 0.717) is 60.3 Å². The Bertz CT molecular complexity index is 1830. The number of aromatic amines is 1. The van der Waals surface area contributed by atoms with E-state index in [9.17, 15) is 18.8 Å². The van der Waals surface area contributed by atoms with E-state index in [4.69, 9.17) is 4.98 Å². The van der Waals surface area contributed by atoms with Crippen LogP contribution in [0.5, 0.6) is 0 Å². The minimum absolute atomic E-state index is 0.0162. The van der Waals surface area contributed by atoms with Gasteiger partial charge in [0.15, 0.2) is 0 Å². The molecule has 1 N–H and O–H groups in total. The van der Waals surface area contributed by atoms with Crippen LogP contribution in [0.4, 0.5) is 4.39 Å². The Morgan fingerprint density at radius 3 is 2.06 bits per heavy atom. The average molecular weight is 651 g/mol. The molecule has 4 aromatic rings. The van der Waals surface area contributed by atoms with Crippen LogP contribution < -0.4 is 0 Å². The zero-order valence-corrected chi connectivity index (χ0v) is 27.8. The monoisotopic (exact) mass is 650 g/mol. The number of pyridine rings is 1. The first-order chi connectivity index (χ1) is 23.2. The minimum atomic E-state index is -0.303. The lowest BCUT2D eigenvalue weighted by Crippen LogP contribution is -2.55. The van der Waals surface area contributed by atoms with E-state index in [1.54, 1.807) is 26.0 Å². The SMILES string of the molecule is CC(=O)N1CCC(C(=O)N2CCC(N3CCN(C(=O)c4cc(-c5ccc(C)c(F)c5)nc(-c5ccc6[nH]ccc6c5)c4)CC3)CC2)CC1. The number of amides is 3. The Hall–Kier alpha value is -4.57. The largest absolute Gasteiger partial charge is 0.361 e. The third-order valence-corrected chi connectivity index (χ3v) is 10.6. The van der Waals surface area contributed by atoms with Crippen molar-refractivity contribution in [2.24, 2.45) is 5.92 Å². The van der Waals surface area contributed by atoms with Crippen LogP contribution >= 0.6 is 0 Å². The first-order valence-electron chi connectivity index (χ1n) is 17.2. The lowest BCUT2D eigenvalue weighted by atomic mass is 9.93. The number of aryl methyl sites for hydroxylation is 1. The van der Waals surface area contributed by atoms with Crippen LogP contribution in [-0.4, -0.2) is 106 Å². The van der Waals surface area contributed by atoms with E-state index >= 15 is 0 Å². The van der Waals surface area contributed by atoms with Gasteiger partial charge in [-0.05, 0) is 74.6 Å². The number of benzene rings is 2. The topological polar surface area (TPSA) is 92.9 Å². The number of nitrogens with zero attached hydrogens (tertiary/aromatic N) is 5. The number of nitrogens with one attached hydrogen (secondary N) is 1. The molecule has 2 aromatic carbocycles. The number of halogens is 1. The molecule has 0 bridgehead atoms. The summed E-state index contributed by atoms with van der Waals surface area (Å²) in [7, 11) is 0. The number of likely N-dealkylation sites (tertiary alicyclic amines) is 2. The van der Waals surface area contributed by atoms with Crippen LogP contribution in [0.1, 0.15) is 48.5 Å². The summed E-state index contributed by atoms with van der Waals surface area (Å²) in [6.45, 7) is 8.98. The molecule has 0 radical (unpaired) electrons. The molecule has 3 aliphatic rings. The smallest absolute Gasteiger partial charge is 0.254 e. The summed E-state index contributed by atoms with van der Waals surface area (Å²) < 4.78 is 14.6. The number of carbonyl (C=O) groups is 3. The first kappa shape index (κ1) is 32.0. The summed E-state index contributed by atoms with van der Waals surface area (Å²) in [5, 5.41) is 1.05. The number of fused-ring (bicyclic) bond motifs is 1. The van der Waals surface area contributed by atoms with Gasteiger partial charge in [0, 0.05) is 105 Å². The van der Waals surface area contributed by atoms with Gasteiger partial charge in [0.25, 0.3) is 5.91 Å². The summed E-state index contributed by atoms with van der Waals surface area (Å²) in [6.07, 6.45) is 5.26. The van der Waals surface area contributed by atoms with Crippen LogP contribution in [0.3, 0.4) is 0 Å². The Labute approximate surface area is 280 Å². The van der Waals surface area contributed by atoms with Crippen LogP contribution in [0, 0.1) is 18.7 Å². The number of aromatic nitrogens is 2. The molecule has 0 unspecified atom stereocenters. The lowest BCUT2D eigenvalue weighted by molar-refractivity contribution is -0.141. The van der Waals surface area contributed by atoms with Gasteiger partial charge in [-0.25, -0.2) is 9.37 Å². The quantitative estimate of drug-likeness (QED) is 0.315. The highest BCUT2D eigenvalue weighted by atomic mass is 19.1. The van der Waals surface area contributed by atoms with Crippen molar-refractivity contribution in [3.05, 3.63) is 77.7 Å². The van der Waals surface area contributed by atoms with E-state index in [1.165, 1.54) is 6.07 Å². The number of piperidine rings is 2. The Kier molecular flexibility index (Phi) is 9.00. The fraction of sp³-hybridized carbons (Fsp3) is 0.421. The van der Waals surface area contributed by atoms with E-state index in [-0.39, 0.29) is 29.5 Å². The molecule has 0 spiro atoms. The normalized spacial score (nSPS) is 18.4. The maximum Gasteiger partial charge on any atom is 0.254 e. The number of carbonyl (C=O) groups excluding carboxylic acids is 3. The van der Waals surface area contributed by atoms with Crippen molar-refractivity contribution < 1.29 is 18.8 Å². The molecule has 3 saturated heterocycles. The molecule has 250 valence electrons. The standard InChI is InChI=1S/C38H43FN6O3/c1-25-3-4-29(22-33(25)39)36-24-31(23-35(41-36)28-5-6-34-30(21-28)7-12-40-34)38(48)45-19-17-43(18-20-45)32-10-15-44(16-11-32)37(47)27-8-13-42(14-9-27)26(2)46/h3-7,12,21-24,27,32,40H,8-11,13-20H2,1-2H3. The zero-order valence-electron chi connectivity index (χ0n) is 27.8. The maximum absolute atomic E-state index is 14.6. The van der Waals surface area contributed by atoms with Gasteiger partial charge in [-0.3, -0.25) is 19.3 Å². The predicted molar refractivity (Wildman–Crippen MR) is 184 cm³/mol. The second-order valence-corrected chi connectivity index (χ2v) is 13.5. The average Bonchev–Trinajstić information content (AvgIpc) is 3.60. The molecule has 3 fully saturated rings. The van der Waals surface area contributed by atoms with Gasteiger partial charge >= 0.3 is 0 Å². The lowest BCUT2D eigenvalue weighted by Gasteiger charge is -2.43. The first-order valence-corrected chi connectivity index (χ1v) is 17.2. The molecule has 10 heteroatoms. The number of H-pyrrole nitrogens is 1. The summed E-state index contributed by atoms with van der Waals surface area (Å²) in [6, 6.07) is 17.2. The van der Waals surface area contributed by atoms with Crippen LogP contribution in [0.25, 0.3) is 33.4 Å². The van der Waals surface area contributed by atoms with Crippen molar-refractivity contribution in [2.45, 2.75) is 45.6 Å². The van der Waals surface area contributed by atoms with Gasteiger partial charge < -0.3 is 19.7 Å². The molecule has 9 nitrogen and oxygen atoms in total. The van der Waals surface area contributed by atoms with E-state index < -0.39 is 0 Å². The van der Waals surface area contributed by atoms with Gasteiger partial charge in [0.05, 0.1) is 11.4 Å². The molecule has 0 aliphatic carbocycles. The van der Waals surface area contributed by atoms with Gasteiger partial charge in [-0.2, -0.15) is 0 Å². The van der Waals surface area contributed by atoms with Crippen molar-refractivity contribution in [2.75, 3.05) is 52.4 Å². The highest BCUT2D eigenvalue weighted by Gasteiger charge is 2.34. The molecule has 48 heavy (non-hydrogen) atoms. The van der Waals surface area contributed by atoms with E-state index in [1.807, 2.05) is 51.2 Å². The molecule has 3 aliphatic heterocycles. The van der Waals surface area contributed by atoms with Crippen molar-refractivity contribution in [3.8, 4) is 22.5 Å².